The largest absolute Gasteiger partial charge is 0.452 e. The van der Waals surface area contributed by atoms with Crippen molar-refractivity contribution in [2.75, 3.05) is 17.7 Å². The van der Waals surface area contributed by atoms with Gasteiger partial charge < -0.3 is 15.8 Å². The smallest absolute Gasteiger partial charge is 0.418 e. The normalized spacial score (nSPS) is 11.0. The number of alkyl halides is 3. The molecule has 0 aliphatic rings. The number of amides is 1. The number of hydrogen-bond donors (Lipinski definition) is 2. The SMILES string of the molecule is Nc1ccc(C(=O)OCC(=O)Nc2ccccc2C(F)(F)F)cc1. The average molecular weight is 338 g/mol. The maximum Gasteiger partial charge on any atom is 0.418 e. The number of halogens is 3. The zero-order valence-electron chi connectivity index (χ0n) is 12.3. The van der Waals surface area contributed by atoms with Crippen LogP contribution in [0.25, 0.3) is 0 Å². The minimum atomic E-state index is -4.61. The van der Waals surface area contributed by atoms with Crippen LogP contribution in [-0.4, -0.2) is 18.5 Å². The Kier molecular flexibility index (Phi) is 5.08. The van der Waals surface area contributed by atoms with Crippen LogP contribution in [0.2, 0.25) is 0 Å². The van der Waals surface area contributed by atoms with Gasteiger partial charge in [0.1, 0.15) is 0 Å². The predicted octanol–water partition coefficient (Wildman–Crippen LogP) is 3.08. The van der Waals surface area contributed by atoms with Crippen LogP contribution < -0.4 is 11.1 Å². The van der Waals surface area contributed by atoms with Gasteiger partial charge in [0.15, 0.2) is 6.61 Å². The standard InChI is InChI=1S/C16H13F3N2O3/c17-16(18,19)12-3-1-2-4-13(12)21-14(22)9-24-15(23)10-5-7-11(20)8-6-10/h1-8H,9,20H2,(H,21,22). The fourth-order valence-electron chi connectivity index (χ4n) is 1.86. The molecule has 0 aliphatic carbocycles. The highest BCUT2D eigenvalue weighted by Crippen LogP contribution is 2.34. The molecule has 0 unspecified atom stereocenters. The van der Waals surface area contributed by atoms with Crippen molar-refractivity contribution in [3.05, 3.63) is 59.7 Å². The molecule has 0 fully saturated rings. The van der Waals surface area contributed by atoms with Gasteiger partial charge in [-0.25, -0.2) is 4.79 Å². The van der Waals surface area contributed by atoms with Crippen LogP contribution in [0.3, 0.4) is 0 Å². The molecule has 2 aromatic carbocycles. The Balaban J connectivity index is 1.97. The van der Waals surface area contributed by atoms with E-state index in [4.69, 9.17) is 10.5 Å². The van der Waals surface area contributed by atoms with Gasteiger partial charge in [-0.15, -0.1) is 0 Å². The van der Waals surface area contributed by atoms with Crippen molar-refractivity contribution in [2.24, 2.45) is 0 Å². The summed E-state index contributed by atoms with van der Waals surface area (Å²) in [5.41, 5.74) is 4.71. The first-order valence-electron chi connectivity index (χ1n) is 6.76. The number of nitrogen functional groups attached to an aromatic ring is 1. The van der Waals surface area contributed by atoms with Gasteiger partial charge in [0.05, 0.1) is 16.8 Å². The lowest BCUT2D eigenvalue weighted by Gasteiger charge is -2.13. The van der Waals surface area contributed by atoms with Crippen molar-refractivity contribution in [1.29, 1.82) is 0 Å². The minimum Gasteiger partial charge on any atom is -0.452 e. The van der Waals surface area contributed by atoms with E-state index in [1.54, 1.807) is 0 Å². The van der Waals surface area contributed by atoms with E-state index in [1.807, 2.05) is 0 Å². The fraction of sp³-hybridized carbons (Fsp3) is 0.125. The molecule has 5 nitrogen and oxygen atoms in total. The molecule has 3 N–H and O–H groups in total. The van der Waals surface area contributed by atoms with Crippen molar-refractivity contribution in [3.8, 4) is 0 Å². The Bertz CT molecular complexity index is 743. The van der Waals surface area contributed by atoms with E-state index >= 15 is 0 Å². The van der Waals surface area contributed by atoms with Gasteiger partial charge in [-0.1, -0.05) is 12.1 Å². The number of ether oxygens (including phenoxy) is 1. The van der Waals surface area contributed by atoms with E-state index in [0.717, 1.165) is 12.1 Å². The average Bonchev–Trinajstić information content (AvgIpc) is 2.53. The van der Waals surface area contributed by atoms with E-state index in [2.05, 4.69) is 5.32 Å². The summed E-state index contributed by atoms with van der Waals surface area (Å²) in [5.74, 6) is -1.66. The highest BCUT2D eigenvalue weighted by molar-refractivity contribution is 5.96. The van der Waals surface area contributed by atoms with Crippen LogP contribution in [0.5, 0.6) is 0 Å². The number of nitrogens with two attached hydrogens (primary N) is 1. The maximum absolute atomic E-state index is 12.8. The summed E-state index contributed by atoms with van der Waals surface area (Å²) in [6.07, 6.45) is -4.61. The van der Waals surface area contributed by atoms with Crippen molar-refractivity contribution < 1.29 is 27.5 Å². The Hall–Kier alpha value is -3.03. The molecule has 0 bridgehead atoms. The second kappa shape index (κ2) is 7.03. The lowest BCUT2D eigenvalue weighted by Crippen LogP contribution is -2.22. The van der Waals surface area contributed by atoms with Crippen molar-refractivity contribution in [1.82, 2.24) is 0 Å². The van der Waals surface area contributed by atoms with Gasteiger partial charge >= 0.3 is 12.1 Å². The molecule has 8 heteroatoms. The second-order valence-electron chi connectivity index (χ2n) is 4.79. The quantitative estimate of drug-likeness (QED) is 0.663. The summed E-state index contributed by atoms with van der Waals surface area (Å²) in [6.45, 7) is -0.713. The molecule has 0 aromatic heterocycles. The first kappa shape index (κ1) is 17.3. The lowest BCUT2D eigenvalue weighted by molar-refractivity contribution is -0.137. The van der Waals surface area contributed by atoms with E-state index in [1.165, 1.54) is 36.4 Å². The van der Waals surface area contributed by atoms with Gasteiger partial charge in [0, 0.05) is 5.69 Å². The van der Waals surface area contributed by atoms with Gasteiger partial charge in [0.25, 0.3) is 5.91 Å². The molecule has 2 rings (SSSR count). The Morgan fingerprint density at radius 2 is 1.67 bits per heavy atom. The molecule has 2 aromatic rings. The Morgan fingerprint density at radius 1 is 1.04 bits per heavy atom. The van der Waals surface area contributed by atoms with Gasteiger partial charge in [0.2, 0.25) is 0 Å². The third-order valence-corrected chi connectivity index (χ3v) is 2.99. The summed E-state index contributed by atoms with van der Waals surface area (Å²) in [5, 5.41) is 2.08. The van der Waals surface area contributed by atoms with Gasteiger partial charge in [-0.3, -0.25) is 4.79 Å². The molecule has 0 heterocycles. The second-order valence-corrected chi connectivity index (χ2v) is 4.79. The summed E-state index contributed by atoms with van der Waals surface area (Å²) >= 11 is 0. The zero-order valence-corrected chi connectivity index (χ0v) is 12.3. The highest BCUT2D eigenvalue weighted by Gasteiger charge is 2.33. The first-order chi connectivity index (χ1) is 11.3. The van der Waals surface area contributed by atoms with Crippen LogP contribution in [0.1, 0.15) is 15.9 Å². The summed E-state index contributed by atoms with van der Waals surface area (Å²) in [4.78, 5) is 23.4. The zero-order chi connectivity index (χ0) is 17.7. The van der Waals surface area contributed by atoms with Crippen LogP contribution in [0.4, 0.5) is 24.5 Å². The number of anilines is 2. The summed E-state index contributed by atoms with van der Waals surface area (Å²) < 4.78 is 43.2. The molecule has 1 amide bonds. The third-order valence-electron chi connectivity index (χ3n) is 2.99. The number of rotatable bonds is 4. The van der Waals surface area contributed by atoms with Crippen molar-refractivity contribution in [2.45, 2.75) is 6.18 Å². The first-order valence-corrected chi connectivity index (χ1v) is 6.76. The van der Waals surface area contributed by atoms with Crippen LogP contribution in [0, 0.1) is 0 Å². The molecule has 0 saturated carbocycles. The van der Waals surface area contributed by atoms with Crippen LogP contribution in [-0.2, 0) is 15.7 Å². The fourth-order valence-corrected chi connectivity index (χ4v) is 1.86. The summed E-state index contributed by atoms with van der Waals surface area (Å²) in [6, 6.07) is 10.3. The molecular formula is C16H13F3N2O3. The molecule has 0 radical (unpaired) electrons. The van der Waals surface area contributed by atoms with Crippen LogP contribution in [0.15, 0.2) is 48.5 Å². The summed E-state index contributed by atoms with van der Waals surface area (Å²) in [7, 11) is 0. The van der Waals surface area contributed by atoms with E-state index in [0.29, 0.717) is 5.69 Å². The molecule has 24 heavy (non-hydrogen) atoms. The Labute approximate surface area is 135 Å². The van der Waals surface area contributed by atoms with Gasteiger partial charge in [-0.2, -0.15) is 13.2 Å². The Morgan fingerprint density at radius 3 is 2.29 bits per heavy atom. The monoisotopic (exact) mass is 338 g/mol. The number of hydrogen-bond acceptors (Lipinski definition) is 4. The maximum atomic E-state index is 12.8. The topological polar surface area (TPSA) is 81.4 Å². The molecule has 126 valence electrons. The van der Waals surface area contributed by atoms with E-state index in [9.17, 15) is 22.8 Å². The number of carbonyl (C=O) groups excluding carboxylic acids is 2. The van der Waals surface area contributed by atoms with E-state index < -0.39 is 35.9 Å². The lowest BCUT2D eigenvalue weighted by atomic mass is 10.1. The van der Waals surface area contributed by atoms with Crippen LogP contribution >= 0.6 is 0 Å². The van der Waals surface area contributed by atoms with Gasteiger partial charge in [-0.05, 0) is 36.4 Å². The van der Waals surface area contributed by atoms with Crippen molar-refractivity contribution >= 4 is 23.3 Å². The number of benzene rings is 2. The number of esters is 1. The number of para-hydroxylation sites is 1. The van der Waals surface area contributed by atoms with E-state index in [-0.39, 0.29) is 5.56 Å². The van der Waals surface area contributed by atoms with Crippen molar-refractivity contribution in [3.63, 3.8) is 0 Å². The predicted molar refractivity (Wildman–Crippen MR) is 81.2 cm³/mol. The number of nitrogens with one attached hydrogen (secondary N) is 1. The highest BCUT2D eigenvalue weighted by atomic mass is 19.4. The molecule has 0 spiro atoms. The molecule has 0 atom stereocenters. The number of carbonyl (C=O) groups is 2. The third kappa shape index (κ3) is 4.48. The minimum absolute atomic E-state index is 0.174. The molecular weight excluding hydrogens is 325 g/mol. The molecule has 0 aliphatic heterocycles. The molecule has 0 saturated heterocycles.